The molecule has 1 aliphatic heterocycles. The third kappa shape index (κ3) is 5.19. The van der Waals surface area contributed by atoms with Crippen molar-refractivity contribution in [2.45, 2.75) is 44.7 Å². The second-order valence-electron chi connectivity index (χ2n) is 8.28. The predicted molar refractivity (Wildman–Crippen MR) is 119 cm³/mol. The van der Waals surface area contributed by atoms with Gasteiger partial charge in [-0.2, -0.15) is 0 Å². The molecule has 4 rings (SSSR count). The van der Waals surface area contributed by atoms with Crippen molar-refractivity contribution in [3.05, 3.63) is 65.2 Å². The number of anilines is 1. The van der Waals surface area contributed by atoms with Crippen LogP contribution in [0.4, 0.5) is 10.5 Å². The van der Waals surface area contributed by atoms with Crippen LogP contribution in [0.15, 0.2) is 48.5 Å². The third-order valence-corrected chi connectivity index (χ3v) is 5.88. The summed E-state index contributed by atoms with van der Waals surface area (Å²) in [5, 5.41) is 8.94. The molecule has 158 valence electrons. The third-order valence-electron chi connectivity index (χ3n) is 5.88. The normalized spacial score (nSPS) is 17.4. The summed E-state index contributed by atoms with van der Waals surface area (Å²) in [6, 6.07) is 16.0. The van der Waals surface area contributed by atoms with Crippen LogP contribution in [-0.4, -0.2) is 42.5 Å². The van der Waals surface area contributed by atoms with E-state index in [1.165, 1.54) is 18.4 Å². The summed E-state index contributed by atoms with van der Waals surface area (Å²) in [4.78, 5) is 27.4. The van der Waals surface area contributed by atoms with Crippen LogP contribution in [0, 0.1) is 6.92 Å². The summed E-state index contributed by atoms with van der Waals surface area (Å²) >= 11 is 0. The Morgan fingerprint density at radius 2 is 1.80 bits per heavy atom. The van der Waals surface area contributed by atoms with Gasteiger partial charge in [-0.1, -0.05) is 36.4 Å². The van der Waals surface area contributed by atoms with Crippen molar-refractivity contribution in [2.24, 2.45) is 0 Å². The molecule has 30 heavy (non-hydrogen) atoms. The van der Waals surface area contributed by atoms with Gasteiger partial charge in [0.1, 0.15) is 0 Å². The van der Waals surface area contributed by atoms with Crippen LogP contribution in [0.1, 0.15) is 53.2 Å². The molecule has 1 aliphatic carbocycles. The van der Waals surface area contributed by atoms with E-state index in [4.69, 9.17) is 0 Å². The molecule has 2 aromatic carbocycles. The summed E-state index contributed by atoms with van der Waals surface area (Å²) in [5.41, 5.74) is 3.37. The lowest BCUT2D eigenvalue weighted by Gasteiger charge is -2.28. The Morgan fingerprint density at radius 1 is 1.07 bits per heavy atom. The molecule has 1 heterocycles. The average molecular weight is 407 g/mol. The number of rotatable bonds is 7. The number of carbonyl (C=O) groups is 2. The number of urea groups is 1. The second kappa shape index (κ2) is 9.30. The summed E-state index contributed by atoms with van der Waals surface area (Å²) in [5.74, 6) is -0.0841. The summed E-state index contributed by atoms with van der Waals surface area (Å²) < 4.78 is 0. The van der Waals surface area contributed by atoms with Gasteiger partial charge in [0, 0.05) is 23.8 Å². The molecular formula is C24H30N4O2. The number of nitrogens with one attached hydrogen (secondary N) is 3. The van der Waals surface area contributed by atoms with Crippen molar-refractivity contribution in [2.75, 3.05) is 25.0 Å². The highest BCUT2D eigenvalue weighted by Crippen LogP contribution is 2.25. The standard InChI is InChI=1S/C24H30N4O2/c1-17-9-10-19(23(29)26-20-11-12-20)15-21(17)27-24(30)25-16-22(28-13-5-6-14-28)18-7-3-2-4-8-18/h2-4,7-10,15,20,22H,5-6,11-14,16H2,1H3,(H,26,29)(H2,25,27,30). The molecule has 0 aromatic heterocycles. The molecule has 2 aromatic rings. The zero-order valence-corrected chi connectivity index (χ0v) is 17.5. The number of amides is 3. The van der Waals surface area contributed by atoms with Crippen molar-refractivity contribution in [1.29, 1.82) is 0 Å². The molecular weight excluding hydrogens is 376 g/mol. The van der Waals surface area contributed by atoms with Gasteiger partial charge < -0.3 is 16.0 Å². The second-order valence-corrected chi connectivity index (χ2v) is 8.28. The molecule has 0 bridgehead atoms. The summed E-state index contributed by atoms with van der Waals surface area (Å²) in [6.45, 7) is 4.58. The highest BCUT2D eigenvalue weighted by Gasteiger charge is 2.25. The first-order valence-electron chi connectivity index (χ1n) is 10.9. The Balaban J connectivity index is 1.39. The molecule has 0 radical (unpaired) electrons. The van der Waals surface area contributed by atoms with E-state index >= 15 is 0 Å². The topological polar surface area (TPSA) is 73.5 Å². The molecule has 1 atom stereocenters. The van der Waals surface area contributed by atoms with Gasteiger partial charge in [0.15, 0.2) is 0 Å². The quantitative estimate of drug-likeness (QED) is 0.654. The first kappa shape index (κ1) is 20.4. The minimum atomic E-state index is -0.252. The van der Waals surface area contributed by atoms with Crippen LogP contribution in [0.25, 0.3) is 0 Å². The molecule has 2 fully saturated rings. The van der Waals surface area contributed by atoms with E-state index in [-0.39, 0.29) is 18.0 Å². The lowest BCUT2D eigenvalue weighted by molar-refractivity contribution is 0.0951. The number of likely N-dealkylation sites (tertiary alicyclic amines) is 1. The maximum absolute atomic E-state index is 12.6. The molecule has 6 nitrogen and oxygen atoms in total. The van der Waals surface area contributed by atoms with Gasteiger partial charge in [-0.25, -0.2) is 4.79 Å². The maximum Gasteiger partial charge on any atom is 0.319 e. The number of carbonyl (C=O) groups excluding carboxylic acids is 2. The van der Waals surface area contributed by atoms with Gasteiger partial charge in [-0.05, 0) is 69.0 Å². The number of benzene rings is 2. The minimum absolute atomic E-state index is 0.0841. The van der Waals surface area contributed by atoms with Crippen LogP contribution in [0.2, 0.25) is 0 Å². The van der Waals surface area contributed by atoms with E-state index in [0.717, 1.165) is 31.5 Å². The van der Waals surface area contributed by atoms with Crippen molar-refractivity contribution in [1.82, 2.24) is 15.5 Å². The lowest BCUT2D eigenvalue weighted by atomic mass is 10.1. The number of aryl methyl sites for hydroxylation is 1. The van der Waals surface area contributed by atoms with Gasteiger partial charge >= 0.3 is 6.03 Å². The van der Waals surface area contributed by atoms with Crippen molar-refractivity contribution < 1.29 is 9.59 Å². The minimum Gasteiger partial charge on any atom is -0.349 e. The van der Waals surface area contributed by atoms with Crippen LogP contribution in [0.3, 0.4) is 0 Å². The largest absolute Gasteiger partial charge is 0.349 e. The fourth-order valence-corrected chi connectivity index (χ4v) is 3.94. The molecule has 3 N–H and O–H groups in total. The Morgan fingerprint density at radius 3 is 2.50 bits per heavy atom. The average Bonchev–Trinajstić information content (AvgIpc) is 3.40. The zero-order valence-electron chi connectivity index (χ0n) is 17.5. The van der Waals surface area contributed by atoms with Crippen LogP contribution < -0.4 is 16.0 Å². The summed E-state index contributed by atoms with van der Waals surface area (Å²) in [6.07, 6.45) is 4.49. The molecule has 1 saturated carbocycles. The van der Waals surface area contributed by atoms with E-state index in [2.05, 4.69) is 33.0 Å². The van der Waals surface area contributed by atoms with Gasteiger partial charge in [0.05, 0.1) is 6.04 Å². The fourth-order valence-electron chi connectivity index (χ4n) is 3.94. The smallest absolute Gasteiger partial charge is 0.319 e. The first-order valence-corrected chi connectivity index (χ1v) is 10.9. The molecule has 2 aliphatic rings. The Hall–Kier alpha value is -2.86. The van der Waals surface area contributed by atoms with E-state index in [9.17, 15) is 9.59 Å². The van der Waals surface area contributed by atoms with Crippen molar-refractivity contribution in [3.8, 4) is 0 Å². The SMILES string of the molecule is Cc1ccc(C(=O)NC2CC2)cc1NC(=O)NCC(c1ccccc1)N1CCCC1. The van der Waals surface area contributed by atoms with E-state index in [0.29, 0.717) is 23.8 Å². The van der Waals surface area contributed by atoms with Gasteiger partial charge in [0.2, 0.25) is 0 Å². The van der Waals surface area contributed by atoms with E-state index in [1.807, 2.05) is 31.2 Å². The Labute approximate surface area is 178 Å². The molecule has 0 spiro atoms. The number of hydrogen-bond acceptors (Lipinski definition) is 3. The first-order chi connectivity index (χ1) is 14.6. The van der Waals surface area contributed by atoms with Crippen LogP contribution in [-0.2, 0) is 0 Å². The Kier molecular flexibility index (Phi) is 6.33. The van der Waals surface area contributed by atoms with Gasteiger partial charge in [0.25, 0.3) is 5.91 Å². The zero-order chi connectivity index (χ0) is 20.9. The molecule has 6 heteroatoms. The van der Waals surface area contributed by atoms with Crippen molar-refractivity contribution >= 4 is 17.6 Å². The van der Waals surface area contributed by atoms with Crippen LogP contribution in [0.5, 0.6) is 0 Å². The predicted octanol–water partition coefficient (Wildman–Crippen LogP) is 3.85. The number of hydrogen-bond donors (Lipinski definition) is 3. The highest BCUT2D eigenvalue weighted by atomic mass is 16.2. The maximum atomic E-state index is 12.6. The molecule has 1 unspecified atom stereocenters. The monoisotopic (exact) mass is 406 g/mol. The van der Waals surface area contributed by atoms with E-state index in [1.54, 1.807) is 12.1 Å². The van der Waals surface area contributed by atoms with E-state index < -0.39 is 0 Å². The van der Waals surface area contributed by atoms with Gasteiger partial charge in [-0.3, -0.25) is 9.69 Å². The fraction of sp³-hybridized carbons (Fsp3) is 0.417. The van der Waals surface area contributed by atoms with Crippen LogP contribution >= 0.6 is 0 Å². The number of nitrogens with zero attached hydrogens (tertiary/aromatic N) is 1. The van der Waals surface area contributed by atoms with Crippen molar-refractivity contribution in [3.63, 3.8) is 0 Å². The van der Waals surface area contributed by atoms with Gasteiger partial charge in [-0.15, -0.1) is 0 Å². The lowest BCUT2D eigenvalue weighted by Crippen LogP contribution is -2.38. The molecule has 3 amide bonds. The summed E-state index contributed by atoms with van der Waals surface area (Å²) in [7, 11) is 0. The highest BCUT2D eigenvalue weighted by molar-refractivity contribution is 5.97. The molecule has 1 saturated heterocycles. The Bertz CT molecular complexity index is 889.